The Kier molecular flexibility index (Phi) is 5.73. The number of carbonyl (C=O) groups is 2. The van der Waals surface area contributed by atoms with Crippen LogP contribution in [0.25, 0.3) is 10.9 Å². The lowest BCUT2D eigenvalue weighted by molar-refractivity contribution is 0.0603. The zero-order valence-corrected chi connectivity index (χ0v) is 18.4. The predicted molar refractivity (Wildman–Crippen MR) is 122 cm³/mol. The number of esters is 1. The van der Waals surface area contributed by atoms with Crippen molar-refractivity contribution in [3.8, 4) is 0 Å². The van der Waals surface area contributed by atoms with Crippen LogP contribution in [-0.4, -0.2) is 32.0 Å². The molecule has 7 nitrogen and oxygen atoms in total. The van der Waals surface area contributed by atoms with Crippen LogP contribution in [0.5, 0.6) is 0 Å². The molecule has 4 rings (SSSR count). The first-order chi connectivity index (χ1) is 15.3. The summed E-state index contributed by atoms with van der Waals surface area (Å²) >= 11 is 6.34. The highest BCUT2D eigenvalue weighted by Gasteiger charge is 2.21. The Morgan fingerprint density at radius 3 is 2.31 bits per heavy atom. The Morgan fingerprint density at radius 1 is 0.938 bits per heavy atom. The topological polar surface area (TPSA) is 94.5 Å². The molecule has 0 spiro atoms. The molecule has 3 aromatic carbocycles. The van der Waals surface area contributed by atoms with Gasteiger partial charge in [0.25, 0.3) is 15.9 Å². The van der Waals surface area contributed by atoms with Gasteiger partial charge in [0.15, 0.2) is 0 Å². The summed E-state index contributed by atoms with van der Waals surface area (Å²) in [7, 11) is -2.54. The summed E-state index contributed by atoms with van der Waals surface area (Å²) in [6, 6.07) is 19.1. The number of nitrogens with one attached hydrogen (secondary N) is 1. The molecule has 9 heteroatoms. The van der Waals surface area contributed by atoms with Crippen molar-refractivity contribution in [2.45, 2.75) is 4.90 Å². The third kappa shape index (κ3) is 3.98. The number of rotatable bonds is 5. The number of benzene rings is 3. The van der Waals surface area contributed by atoms with Crippen molar-refractivity contribution in [2.75, 3.05) is 11.8 Å². The van der Waals surface area contributed by atoms with Crippen LogP contribution in [0.4, 0.5) is 5.69 Å². The van der Waals surface area contributed by atoms with E-state index < -0.39 is 21.9 Å². The summed E-state index contributed by atoms with van der Waals surface area (Å²) in [6.45, 7) is 0. The molecule has 4 aromatic rings. The van der Waals surface area contributed by atoms with E-state index in [0.717, 1.165) is 0 Å². The van der Waals surface area contributed by atoms with Crippen molar-refractivity contribution in [2.24, 2.45) is 0 Å². The highest BCUT2D eigenvalue weighted by Crippen LogP contribution is 2.27. The van der Waals surface area contributed by atoms with Crippen LogP contribution < -0.4 is 4.72 Å². The van der Waals surface area contributed by atoms with E-state index in [1.54, 1.807) is 42.5 Å². The minimum Gasteiger partial charge on any atom is -0.465 e. The minimum atomic E-state index is -3.80. The maximum absolute atomic E-state index is 13.2. The van der Waals surface area contributed by atoms with Gasteiger partial charge in [-0.1, -0.05) is 48.0 Å². The van der Waals surface area contributed by atoms with Crippen molar-refractivity contribution >= 4 is 50.1 Å². The second kappa shape index (κ2) is 8.49. The molecule has 0 aliphatic heterocycles. The van der Waals surface area contributed by atoms with Gasteiger partial charge < -0.3 is 4.74 Å². The lowest BCUT2D eigenvalue weighted by atomic mass is 10.1. The molecule has 1 N–H and O–H groups in total. The van der Waals surface area contributed by atoms with Gasteiger partial charge in [-0.3, -0.25) is 14.1 Å². The number of carbonyl (C=O) groups excluding carboxylic acids is 2. The smallest absolute Gasteiger partial charge is 0.340 e. The molecule has 0 unspecified atom stereocenters. The summed E-state index contributed by atoms with van der Waals surface area (Å²) in [5.41, 5.74) is 1.12. The fourth-order valence-electron chi connectivity index (χ4n) is 3.32. The van der Waals surface area contributed by atoms with Crippen molar-refractivity contribution in [1.29, 1.82) is 0 Å². The van der Waals surface area contributed by atoms with Crippen LogP contribution in [0, 0.1) is 0 Å². The van der Waals surface area contributed by atoms with E-state index in [9.17, 15) is 18.0 Å². The van der Waals surface area contributed by atoms with Gasteiger partial charge >= 0.3 is 5.97 Å². The highest BCUT2D eigenvalue weighted by atomic mass is 35.5. The van der Waals surface area contributed by atoms with E-state index in [1.807, 2.05) is 0 Å². The molecular weight excluding hydrogens is 452 g/mol. The Balaban J connectivity index is 1.69. The van der Waals surface area contributed by atoms with Gasteiger partial charge in [-0.15, -0.1) is 0 Å². The number of sulfonamides is 1. The van der Waals surface area contributed by atoms with E-state index >= 15 is 0 Å². The molecule has 1 aromatic heterocycles. The Hall–Kier alpha value is -3.62. The molecule has 162 valence electrons. The van der Waals surface area contributed by atoms with E-state index in [1.165, 1.54) is 48.2 Å². The third-order valence-corrected chi connectivity index (χ3v) is 6.55. The Labute approximate surface area is 189 Å². The van der Waals surface area contributed by atoms with Crippen molar-refractivity contribution in [3.05, 3.63) is 95.1 Å². The van der Waals surface area contributed by atoms with Crippen LogP contribution in [0.2, 0.25) is 5.02 Å². The number of fused-ring (bicyclic) bond motifs is 1. The number of methoxy groups -OCH3 is 1. The SMILES string of the molecule is COC(=O)c1cn(C(=O)c2ccc(NS(=O)(=O)c3ccccc3)cc2Cl)c2ccccc12. The molecule has 1 heterocycles. The molecule has 0 aliphatic carbocycles. The number of halogens is 1. The van der Waals surface area contributed by atoms with Crippen LogP contribution in [0.3, 0.4) is 0 Å². The number of para-hydroxylation sites is 1. The van der Waals surface area contributed by atoms with Crippen molar-refractivity contribution in [1.82, 2.24) is 4.57 Å². The van der Waals surface area contributed by atoms with Crippen LogP contribution in [-0.2, 0) is 14.8 Å². The first-order valence-corrected chi connectivity index (χ1v) is 11.3. The standard InChI is InChI=1S/C23H17ClN2O5S/c1-31-23(28)19-14-26(21-10-6-5-9-17(19)21)22(27)18-12-11-15(13-20(18)24)25-32(29,30)16-7-3-2-4-8-16/h2-14,25H,1H3. The molecule has 0 radical (unpaired) electrons. The summed E-state index contributed by atoms with van der Waals surface area (Å²) < 4.78 is 33.6. The van der Waals surface area contributed by atoms with Gasteiger partial charge in [-0.2, -0.15) is 0 Å². The zero-order chi connectivity index (χ0) is 22.9. The quantitative estimate of drug-likeness (QED) is 0.433. The van der Waals surface area contributed by atoms with E-state index in [4.69, 9.17) is 16.3 Å². The normalized spacial score (nSPS) is 11.3. The van der Waals surface area contributed by atoms with E-state index in [2.05, 4.69) is 4.72 Å². The molecule has 0 saturated carbocycles. The summed E-state index contributed by atoms with van der Waals surface area (Å²) in [5, 5.41) is 0.622. The number of ether oxygens (including phenoxy) is 1. The second-order valence-electron chi connectivity index (χ2n) is 6.84. The number of hydrogen-bond acceptors (Lipinski definition) is 5. The van der Waals surface area contributed by atoms with Crippen molar-refractivity contribution in [3.63, 3.8) is 0 Å². The zero-order valence-electron chi connectivity index (χ0n) is 16.8. The largest absolute Gasteiger partial charge is 0.465 e. The highest BCUT2D eigenvalue weighted by molar-refractivity contribution is 7.92. The second-order valence-corrected chi connectivity index (χ2v) is 8.93. The van der Waals surface area contributed by atoms with Gasteiger partial charge in [-0.05, 0) is 36.4 Å². The first kappa shape index (κ1) is 21.6. The van der Waals surface area contributed by atoms with Crippen LogP contribution in [0.15, 0.2) is 83.9 Å². The Bertz CT molecular complexity index is 1450. The lowest BCUT2D eigenvalue weighted by Gasteiger charge is -2.11. The van der Waals surface area contributed by atoms with Gasteiger partial charge in [0, 0.05) is 11.6 Å². The Morgan fingerprint density at radius 2 is 1.62 bits per heavy atom. The molecule has 0 amide bonds. The first-order valence-electron chi connectivity index (χ1n) is 9.42. The maximum Gasteiger partial charge on any atom is 0.340 e. The summed E-state index contributed by atoms with van der Waals surface area (Å²) in [6.07, 6.45) is 1.40. The minimum absolute atomic E-state index is 0.0562. The van der Waals surface area contributed by atoms with Crippen LogP contribution in [0.1, 0.15) is 20.7 Å². The fourth-order valence-corrected chi connectivity index (χ4v) is 4.65. The average molecular weight is 469 g/mol. The number of nitrogens with zero attached hydrogens (tertiary/aromatic N) is 1. The molecule has 0 atom stereocenters. The molecule has 0 saturated heterocycles. The average Bonchev–Trinajstić information content (AvgIpc) is 3.18. The maximum atomic E-state index is 13.2. The third-order valence-electron chi connectivity index (χ3n) is 4.84. The predicted octanol–water partition coefficient (Wildman–Crippen LogP) is 4.57. The number of hydrogen-bond donors (Lipinski definition) is 1. The molecule has 0 aliphatic rings. The van der Waals surface area contributed by atoms with Gasteiger partial charge in [-0.25, -0.2) is 13.2 Å². The molecule has 0 fully saturated rings. The van der Waals surface area contributed by atoms with E-state index in [0.29, 0.717) is 10.9 Å². The number of anilines is 1. The molecular formula is C23H17ClN2O5S. The molecule has 0 bridgehead atoms. The fraction of sp³-hybridized carbons (Fsp3) is 0.0435. The van der Waals surface area contributed by atoms with Gasteiger partial charge in [0.1, 0.15) is 0 Å². The van der Waals surface area contributed by atoms with Crippen molar-refractivity contribution < 1.29 is 22.7 Å². The van der Waals surface area contributed by atoms with E-state index in [-0.39, 0.29) is 26.7 Å². The monoisotopic (exact) mass is 468 g/mol. The summed E-state index contributed by atoms with van der Waals surface area (Å²) in [5.74, 6) is -1.04. The summed E-state index contributed by atoms with van der Waals surface area (Å²) in [4.78, 5) is 25.4. The van der Waals surface area contributed by atoms with Crippen LogP contribution >= 0.6 is 11.6 Å². The lowest BCUT2D eigenvalue weighted by Crippen LogP contribution is -2.14. The van der Waals surface area contributed by atoms with Gasteiger partial charge in [0.2, 0.25) is 0 Å². The van der Waals surface area contributed by atoms with Gasteiger partial charge in [0.05, 0.1) is 39.4 Å². The number of aromatic nitrogens is 1. The molecule has 32 heavy (non-hydrogen) atoms.